The third-order valence-corrected chi connectivity index (χ3v) is 2.58. The standard InChI is InChI=1S/C11H20N2O3/c1-11(2,3)10(15)16-13-6-4-9(5-7-13)12-8-14/h8-9H,4-7H2,1-3H3,(H,12,14). The van der Waals surface area contributed by atoms with Crippen molar-refractivity contribution < 1.29 is 14.4 Å². The van der Waals surface area contributed by atoms with Crippen molar-refractivity contribution in [2.24, 2.45) is 5.41 Å². The molecule has 16 heavy (non-hydrogen) atoms. The molecule has 0 aromatic rings. The third-order valence-electron chi connectivity index (χ3n) is 2.58. The highest BCUT2D eigenvalue weighted by Gasteiger charge is 2.28. The number of carbonyl (C=O) groups excluding carboxylic acids is 2. The maximum Gasteiger partial charge on any atom is 0.330 e. The Hall–Kier alpha value is -1.10. The molecule has 0 bridgehead atoms. The lowest BCUT2D eigenvalue weighted by atomic mass is 9.98. The first-order valence-electron chi connectivity index (χ1n) is 5.60. The number of hydrogen-bond acceptors (Lipinski definition) is 4. The van der Waals surface area contributed by atoms with E-state index >= 15 is 0 Å². The monoisotopic (exact) mass is 228 g/mol. The van der Waals surface area contributed by atoms with Gasteiger partial charge < -0.3 is 10.2 Å². The van der Waals surface area contributed by atoms with E-state index in [4.69, 9.17) is 4.84 Å². The van der Waals surface area contributed by atoms with Crippen LogP contribution in [0.4, 0.5) is 0 Å². The Balaban J connectivity index is 2.32. The fourth-order valence-corrected chi connectivity index (χ4v) is 1.46. The van der Waals surface area contributed by atoms with Crippen molar-refractivity contribution in [1.82, 2.24) is 10.4 Å². The minimum Gasteiger partial charge on any atom is -0.367 e. The summed E-state index contributed by atoms with van der Waals surface area (Å²) >= 11 is 0. The van der Waals surface area contributed by atoms with Crippen LogP contribution in [-0.4, -0.2) is 36.6 Å². The van der Waals surface area contributed by atoms with Gasteiger partial charge in [-0.25, -0.2) is 4.79 Å². The lowest BCUT2D eigenvalue weighted by Gasteiger charge is -2.31. The summed E-state index contributed by atoms with van der Waals surface area (Å²) in [5, 5.41) is 4.42. The van der Waals surface area contributed by atoms with Gasteiger partial charge in [0.25, 0.3) is 0 Å². The van der Waals surface area contributed by atoms with Gasteiger partial charge in [-0.15, -0.1) is 5.06 Å². The molecule has 1 fully saturated rings. The summed E-state index contributed by atoms with van der Waals surface area (Å²) in [6.07, 6.45) is 2.35. The molecule has 0 atom stereocenters. The third kappa shape index (κ3) is 3.81. The molecule has 5 nitrogen and oxygen atoms in total. The molecule has 0 unspecified atom stereocenters. The molecule has 1 aliphatic heterocycles. The molecule has 0 radical (unpaired) electrons. The lowest BCUT2D eigenvalue weighted by molar-refractivity contribution is -0.204. The van der Waals surface area contributed by atoms with E-state index in [0.29, 0.717) is 13.1 Å². The SMILES string of the molecule is CC(C)(C)C(=O)ON1CCC(NC=O)CC1. The summed E-state index contributed by atoms with van der Waals surface area (Å²) in [5.74, 6) is -0.214. The van der Waals surface area contributed by atoms with Crippen LogP contribution in [0.3, 0.4) is 0 Å². The van der Waals surface area contributed by atoms with Crippen LogP contribution in [0.25, 0.3) is 0 Å². The summed E-state index contributed by atoms with van der Waals surface area (Å²) in [6, 6.07) is 0.210. The van der Waals surface area contributed by atoms with E-state index in [-0.39, 0.29) is 12.0 Å². The van der Waals surface area contributed by atoms with Gasteiger partial charge >= 0.3 is 5.97 Å². The Bertz CT molecular complexity index is 252. The number of nitrogens with zero attached hydrogens (tertiary/aromatic N) is 1. The molecule has 1 rings (SSSR count). The van der Waals surface area contributed by atoms with E-state index in [1.807, 2.05) is 20.8 Å². The molecule has 0 aliphatic carbocycles. The molecule has 1 N–H and O–H groups in total. The number of piperidine rings is 1. The van der Waals surface area contributed by atoms with Gasteiger partial charge in [-0.2, -0.15) is 0 Å². The van der Waals surface area contributed by atoms with Crippen molar-refractivity contribution >= 4 is 12.4 Å². The van der Waals surface area contributed by atoms with E-state index in [1.54, 1.807) is 5.06 Å². The van der Waals surface area contributed by atoms with E-state index < -0.39 is 5.41 Å². The summed E-state index contributed by atoms with van der Waals surface area (Å²) < 4.78 is 0. The van der Waals surface area contributed by atoms with Gasteiger partial charge in [-0.1, -0.05) is 0 Å². The fraction of sp³-hybridized carbons (Fsp3) is 0.818. The molecular formula is C11H20N2O3. The second kappa shape index (κ2) is 5.30. The molecule has 92 valence electrons. The van der Waals surface area contributed by atoms with Crippen molar-refractivity contribution in [2.75, 3.05) is 13.1 Å². The molecular weight excluding hydrogens is 208 g/mol. The lowest BCUT2D eigenvalue weighted by Crippen LogP contribution is -2.44. The number of nitrogens with one attached hydrogen (secondary N) is 1. The van der Waals surface area contributed by atoms with Gasteiger partial charge in [0.15, 0.2) is 0 Å². The Morgan fingerprint density at radius 3 is 2.38 bits per heavy atom. The number of rotatable bonds is 3. The predicted molar refractivity (Wildman–Crippen MR) is 59.3 cm³/mol. The van der Waals surface area contributed by atoms with Gasteiger partial charge in [-0.05, 0) is 33.6 Å². The summed E-state index contributed by atoms with van der Waals surface area (Å²) in [6.45, 7) is 6.84. The first kappa shape index (κ1) is 13.0. The maximum absolute atomic E-state index is 11.6. The molecule has 0 saturated carbocycles. The van der Waals surface area contributed by atoms with Gasteiger partial charge in [0.1, 0.15) is 0 Å². The topological polar surface area (TPSA) is 58.6 Å². The van der Waals surface area contributed by atoms with Crippen LogP contribution in [0.1, 0.15) is 33.6 Å². The molecule has 1 amide bonds. The van der Waals surface area contributed by atoms with Crippen molar-refractivity contribution in [3.8, 4) is 0 Å². The van der Waals surface area contributed by atoms with Crippen LogP contribution >= 0.6 is 0 Å². The second-order valence-corrected chi connectivity index (χ2v) is 5.12. The largest absolute Gasteiger partial charge is 0.367 e. The van der Waals surface area contributed by atoms with Crippen LogP contribution in [0, 0.1) is 5.41 Å². The Morgan fingerprint density at radius 2 is 1.94 bits per heavy atom. The zero-order chi connectivity index (χ0) is 12.2. The first-order valence-corrected chi connectivity index (χ1v) is 5.60. The molecule has 0 aromatic heterocycles. The van der Waals surface area contributed by atoms with Gasteiger partial charge in [0, 0.05) is 19.1 Å². The highest BCUT2D eigenvalue weighted by molar-refractivity contribution is 5.75. The first-order chi connectivity index (χ1) is 7.43. The zero-order valence-electron chi connectivity index (χ0n) is 10.2. The van der Waals surface area contributed by atoms with E-state index in [9.17, 15) is 9.59 Å². The Morgan fingerprint density at radius 1 is 1.38 bits per heavy atom. The van der Waals surface area contributed by atoms with Crippen LogP contribution in [0.2, 0.25) is 0 Å². The van der Waals surface area contributed by atoms with Crippen LogP contribution in [0.5, 0.6) is 0 Å². The second-order valence-electron chi connectivity index (χ2n) is 5.12. The highest BCUT2D eigenvalue weighted by atomic mass is 16.7. The molecule has 1 heterocycles. The van der Waals surface area contributed by atoms with Crippen molar-refractivity contribution in [2.45, 2.75) is 39.7 Å². The van der Waals surface area contributed by atoms with E-state index in [0.717, 1.165) is 19.3 Å². The Labute approximate surface area is 96.1 Å². The van der Waals surface area contributed by atoms with Gasteiger partial charge in [0.05, 0.1) is 5.41 Å². The average molecular weight is 228 g/mol. The number of carbonyl (C=O) groups is 2. The van der Waals surface area contributed by atoms with Gasteiger partial charge in [0.2, 0.25) is 6.41 Å². The maximum atomic E-state index is 11.6. The molecule has 1 saturated heterocycles. The average Bonchev–Trinajstić information content (AvgIpc) is 2.20. The van der Waals surface area contributed by atoms with Crippen LogP contribution < -0.4 is 5.32 Å². The minimum atomic E-state index is -0.474. The Kier molecular flexibility index (Phi) is 4.29. The predicted octanol–water partition coefficient (Wildman–Crippen LogP) is 0.701. The number of hydroxylamine groups is 2. The molecule has 0 spiro atoms. The highest BCUT2D eigenvalue weighted by Crippen LogP contribution is 2.18. The van der Waals surface area contributed by atoms with Crippen molar-refractivity contribution in [3.63, 3.8) is 0 Å². The van der Waals surface area contributed by atoms with Crippen molar-refractivity contribution in [3.05, 3.63) is 0 Å². The van der Waals surface area contributed by atoms with Crippen LogP contribution in [-0.2, 0) is 14.4 Å². The van der Waals surface area contributed by atoms with Crippen molar-refractivity contribution in [1.29, 1.82) is 0 Å². The zero-order valence-corrected chi connectivity index (χ0v) is 10.2. The molecule has 1 aliphatic rings. The summed E-state index contributed by atoms with van der Waals surface area (Å²) in [4.78, 5) is 27.1. The number of amides is 1. The molecule has 0 aromatic carbocycles. The van der Waals surface area contributed by atoms with E-state index in [1.165, 1.54) is 0 Å². The summed E-state index contributed by atoms with van der Waals surface area (Å²) in [7, 11) is 0. The minimum absolute atomic E-state index is 0.210. The number of hydrogen-bond donors (Lipinski definition) is 1. The van der Waals surface area contributed by atoms with E-state index in [2.05, 4.69) is 5.32 Å². The summed E-state index contributed by atoms with van der Waals surface area (Å²) in [5.41, 5.74) is -0.474. The van der Waals surface area contributed by atoms with Gasteiger partial charge in [-0.3, -0.25) is 4.79 Å². The van der Waals surface area contributed by atoms with Crippen LogP contribution in [0.15, 0.2) is 0 Å². The smallest absolute Gasteiger partial charge is 0.330 e. The normalized spacial score (nSPS) is 19.2. The fourth-order valence-electron chi connectivity index (χ4n) is 1.46. The quantitative estimate of drug-likeness (QED) is 0.722. The molecule has 5 heteroatoms.